The van der Waals surface area contributed by atoms with E-state index in [2.05, 4.69) is 16.4 Å². The van der Waals surface area contributed by atoms with E-state index in [1.54, 1.807) is 18.2 Å². The maximum atomic E-state index is 15.8. The van der Waals surface area contributed by atoms with Crippen molar-refractivity contribution in [1.82, 2.24) is 10.3 Å². The number of nitriles is 1. The Balaban J connectivity index is 1.37. The molecule has 3 aliphatic rings. The summed E-state index contributed by atoms with van der Waals surface area (Å²) < 4.78 is 55.4. The Morgan fingerprint density at radius 1 is 1.05 bits per heavy atom. The number of hydrogen-bond donors (Lipinski definition) is 1. The number of benzene rings is 2. The standard InChI is InChI=1S/C31H32F2N4O3S2/c32-31(33,22-6-2-1-3-7-22)29-35-26(24-8-4-5-9-25(24)28(38)36-30(20-34)14-15-30)27(41-29)21-10-12-23(13-11-21)37-16-18-42(39,40)19-17-37/h1-3,6-7,10-13,24-25H,4-5,8-9,14-19H2,(H,36,38)/t24-,25-/m1/s1. The van der Waals surface area contributed by atoms with Gasteiger partial charge in [0, 0.05) is 36.2 Å². The minimum absolute atomic E-state index is 0.101. The molecule has 0 spiro atoms. The van der Waals surface area contributed by atoms with E-state index in [4.69, 9.17) is 0 Å². The van der Waals surface area contributed by atoms with E-state index in [1.807, 2.05) is 29.2 Å². The summed E-state index contributed by atoms with van der Waals surface area (Å²) in [6.45, 7) is 0.813. The number of aromatic nitrogens is 1. The molecule has 11 heteroatoms. The Kier molecular flexibility index (Phi) is 7.56. The first-order valence-corrected chi connectivity index (χ1v) is 17.0. The minimum Gasteiger partial charge on any atom is -0.369 e. The molecule has 0 bridgehead atoms. The van der Waals surface area contributed by atoms with Gasteiger partial charge < -0.3 is 10.2 Å². The van der Waals surface area contributed by atoms with Gasteiger partial charge in [0.2, 0.25) is 5.91 Å². The molecule has 1 saturated heterocycles. The van der Waals surface area contributed by atoms with Crippen molar-refractivity contribution < 1.29 is 22.0 Å². The average Bonchev–Trinajstić information content (AvgIpc) is 3.63. The van der Waals surface area contributed by atoms with E-state index in [1.165, 1.54) is 12.1 Å². The predicted octanol–water partition coefficient (Wildman–Crippen LogP) is 5.63. The topological polar surface area (TPSA) is 103 Å². The molecule has 2 saturated carbocycles. The fraction of sp³-hybridized carbons (Fsp3) is 0.452. The van der Waals surface area contributed by atoms with E-state index >= 15 is 8.78 Å². The molecule has 6 rings (SSSR count). The van der Waals surface area contributed by atoms with Crippen molar-refractivity contribution >= 4 is 32.8 Å². The van der Waals surface area contributed by atoms with Gasteiger partial charge in [0.15, 0.2) is 14.8 Å². The van der Waals surface area contributed by atoms with Crippen molar-refractivity contribution in [2.75, 3.05) is 29.5 Å². The van der Waals surface area contributed by atoms with Crippen LogP contribution in [0.2, 0.25) is 0 Å². The van der Waals surface area contributed by atoms with Crippen molar-refractivity contribution in [2.45, 2.75) is 55.9 Å². The number of thiazole rings is 1. The van der Waals surface area contributed by atoms with Crippen LogP contribution in [0.15, 0.2) is 54.6 Å². The van der Waals surface area contributed by atoms with Crippen LogP contribution < -0.4 is 10.2 Å². The largest absolute Gasteiger partial charge is 0.369 e. The van der Waals surface area contributed by atoms with Gasteiger partial charge in [-0.25, -0.2) is 13.4 Å². The van der Waals surface area contributed by atoms with Gasteiger partial charge in [0.1, 0.15) is 5.54 Å². The van der Waals surface area contributed by atoms with Crippen molar-refractivity contribution in [3.05, 3.63) is 70.9 Å². The third kappa shape index (κ3) is 5.66. The Labute approximate surface area is 248 Å². The highest BCUT2D eigenvalue weighted by Crippen LogP contribution is 2.48. The number of carbonyl (C=O) groups excluding carboxylic acids is 1. The molecular formula is C31H32F2N4O3S2. The highest BCUT2D eigenvalue weighted by Gasteiger charge is 2.47. The number of nitrogens with one attached hydrogen (secondary N) is 1. The molecule has 220 valence electrons. The zero-order valence-corrected chi connectivity index (χ0v) is 24.7. The number of carbonyl (C=O) groups is 1. The quantitative estimate of drug-likeness (QED) is 0.372. The third-order valence-electron chi connectivity index (χ3n) is 8.68. The lowest BCUT2D eigenvalue weighted by molar-refractivity contribution is -0.127. The number of hydrogen-bond acceptors (Lipinski definition) is 7. The van der Waals surface area contributed by atoms with Crippen LogP contribution >= 0.6 is 11.3 Å². The monoisotopic (exact) mass is 610 g/mol. The van der Waals surface area contributed by atoms with Crippen LogP contribution in [-0.4, -0.2) is 49.4 Å². The molecule has 0 radical (unpaired) electrons. The SMILES string of the molecule is N#CC1(NC(=O)[C@@H]2CCCC[C@H]2c2nc(C(F)(F)c3ccccc3)sc2-c2ccc(N3CCS(=O)(=O)CC3)cc2)CC1. The Morgan fingerprint density at radius 3 is 2.36 bits per heavy atom. The number of nitrogens with zero attached hydrogens (tertiary/aromatic N) is 3. The number of halogens is 2. The van der Waals surface area contributed by atoms with Gasteiger partial charge in [0.05, 0.1) is 28.1 Å². The van der Waals surface area contributed by atoms with Crippen LogP contribution in [0.4, 0.5) is 14.5 Å². The van der Waals surface area contributed by atoms with Gasteiger partial charge >= 0.3 is 5.92 Å². The number of anilines is 1. The maximum absolute atomic E-state index is 15.8. The molecular weight excluding hydrogens is 578 g/mol. The molecule has 0 unspecified atom stereocenters. The first-order valence-electron chi connectivity index (χ1n) is 14.3. The summed E-state index contributed by atoms with van der Waals surface area (Å²) in [5.41, 5.74) is 1.15. The first kappa shape index (κ1) is 28.7. The summed E-state index contributed by atoms with van der Waals surface area (Å²) in [7, 11) is -3.02. The highest BCUT2D eigenvalue weighted by atomic mass is 32.2. The molecule has 1 aromatic heterocycles. The number of rotatable bonds is 7. The van der Waals surface area contributed by atoms with Crippen molar-refractivity contribution in [3.63, 3.8) is 0 Å². The van der Waals surface area contributed by atoms with Gasteiger partial charge in [-0.1, -0.05) is 55.3 Å². The molecule has 1 amide bonds. The van der Waals surface area contributed by atoms with Crippen molar-refractivity contribution in [3.8, 4) is 16.5 Å². The van der Waals surface area contributed by atoms with E-state index in [-0.39, 0.29) is 33.9 Å². The van der Waals surface area contributed by atoms with Gasteiger partial charge in [0.25, 0.3) is 0 Å². The molecule has 42 heavy (non-hydrogen) atoms. The molecule has 7 nitrogen and oxygen atoms in total. The van der Waals surface area contributed by atoms with E-state index in [0.717, 1.165) is 35.4 Å². The molecule has 3 fully saturated rings. The molecule has 1 aliphatic heterocycles. The van der Waals surface area contributed by atoms with Crippen LogP contribution in [-0.2, 0) is 20.6 Å². The van der Waals surface area contributed by atoms with E-state index in [9.17, 15) is 18.5 Å². The predicted molar refractivity (Wildman–Crippen MR) is 158 cm³/mol. The minimum atomic E-state index is -3.32. The Morgan fingerprint density at radius 2 is 1.71 bits per heavy atom. The van der Waals surface area contributed by atoms with Crippen molar-refractivity contribution in [1.29, 1.82) is 5.26 Å². The fourth-order valence-corrected chi connectivity index (χ4v) is 8.32. The number of sulfone groups is 1. The molecule has 2 atom stereocenters. The summed E-state index contributed by atoms with van der Waals surface area (Å²) in [6, 6.07) is 17.4. The molecule has 1 N–H and O–H groups in total. The first-order chi connectivity index (χ1) is 20.1. The summed E-state index contributed by atoms with van der Waals surface area (Å²) in [6.07, 6.45) is 4.20. The lowest BCUT2D eigenvalue weighted by Crippen LogP contribution is -2.42. The summed E-state index contributed by atoms with van der Waals surface area (Å²) in [5, 5.41) is 12.2. The van der Waals surface area contributed by atoms with E-state index < -0.39 is 27.2 Å². The zero-order valence-electron chi connectivity index (χ0n) is 23.1. The van der Waals surface area contributed by atoms with Gasteiger partial charge in [-0.3, -0.25) is 4.79 Å². The zero-order chi connectivity index (χ0) is 29.5. The lowest BCUT2D eigenvalue weighted by Gasteiger charge is -2.31. The molecule has 2 heterocycles. The number of alkyl halides is 2. The van der Waals surface area contributed by atoms with Gasteiger partial charge in [-0.05, 0) is 43.4 Å². The smallest absolute Gasteiger partial charge is 0.324 e. The van der Waals surface area contributed by atoms with E-state index in [0.29, 0.717) is 49.3 Å². The second-order valence-corrected chi connectivity index (χ2v) is 14.8. The van der Waals surface area contributed by atoms with Crippen LogP contribution in [0.5, 0.6) is 0 Å². The number of amides is 1. The summed E-state index contributed by atoms with van der Waals surface area (Å²) in [5.74, 6) is -4.13. The molecule has 3 aromatic rings. The van der Waals surface area contributed by atoms with Gasteiger partial charge in [-0.15, -0.1) is 11.3 Å². The molecule has 2 aliphatic carbocycles. The lowest BCUT2D eigenvalue weighted by atomic mass is 9.76. The van der Waals surface area contributed by atoms with Crippen LogP contribution in [0, 0.1) is 17.2 Å². The summed E-state index contributed by atoms with van der Waals surface area (Å²) >= 11 is 0.955. The highest BCUT2D eigenvalue weighted by molar-refractivity contribution is 7.91. The second-order valence-electron chi connectivity index (χ2n) is 11.5. The van der Waals surface area contributed by atoms with Crippen molar-refractivity contribution in [2.24, 2.45) is 5.92 Å². The van der Waals surface area contributed by atoms with Gasteiger partial charge in [-0.2, -0.15) is 14.0 Å². The van der Waals surface area contributed by atoms with Crippen LogP contribution in [0.25, 0.3) is 10.4 Å². The second kappa shape index (κ2) is 11.0. The Bertz CT molecular complexity index is 1600. The third-order valence-corrected chi connectivity index (χ3v) is 11.5. The average molecular weight is 611 g/mol. The van der Waals surface area contributed by atoms with Crippen LogP contribution in [0.3, 0.4) is 0 Å². The fourth-order valence-electron chi connectivity index (χ4n) is 5.98. The normalized spacial score (nSPS) is 23.1. The molecule has 2 aromatic carbocycles. The summed E-state index contributed by atoms with van der Waals surface area (Å²) in [4.78, 5) is 20.7. The maximum Gasteiger partial charge on any atom is 0.324 e. The van der Waals surface area contributed by atoms with Crippen LogP contribution in [0.1, 0.15) is 60.7 Å². The Hall–Kier alpha value is -3.36.